The fourth-order valence-corrected chi connectivity index (χ4v) is 2.75. The van der Waals surface area contributed by atoms with E-state index in [0.717, 1.165) is 29.3 Å². The van der Waals surface area contributed by atoms with Gasteiger partial charge >= 0.3 is 0 Å². The average Bonchev–Trinajstić information content (AvgIpc) is 2.77. The summed E-state index contributed by atoms with van der Waals surface area (Å²) in [5.74, 6) is 0.927. The molecular formula is C14H18N2OS. The van der Waals surface area contributed by atoms with Crippen molar-refractivity contribution in [3.05, 3.63) is 45.4 Å². The number of methoxy groups -OCH3 is 1. The summed E-state index contributed by atoms with van der Waals surface area (Å²) in [6, 6.07) is 6.23. The van der Waals surface area contributed by atoms with Crippen LogP contribution < -0.4 is 10.5 Å². The summed E-state index contributed by atoms with van der Waals surface area (Å²) >= 11 is 1.69. The van der Waals surface area contributed by atoms with Crippen molar-refractivity contribution in [1.29, 1.82) is 0 Å². The molecular weight excluding hydrogens is 244 g/mol. The number of nitrogens with two attached hydrogens (primary N) is 1. The third-order valence-electron chi connectivity index (χ3n) is 2.78. The van der Waals surface area contributed by atoms with E-state index in [1.54, 1.807) is 18.4 Å². The summed E-state index contributed by atoms with van der Waals surface area (Å²) in [5, 5.41) is 3.20. The maximum Gasteiger partial charge on any atom is 0.122 e. The van der Waals surface area contributed by atoms with Crippen molar-refractivity contribution in [1.82, 2.24) is 4.98 Å². The Morgan fingerprint density at radius 2 is 2.22 bits per heavy atom. The topological polar surface area (TPSA) is 48.1 Å². The quantitative estimate of drug-likeness (QED) is 0.901. The molecule has 96 valence electrons. The molecule has 0 aliphatic rings. The van der Waals surface area contributed by atoms with Gasteiger partial charge in [0.25, 0.3) is 0 Å². The minimum absolute atomic E-state index is 0.650. The molecule has 0 fully saturated rings. The van der Waals surface area contributed by atoms with E-state index in [9.17, 15) is 0 Å². The molecule has 18 heavy (non-hydrogen) atoms. The summed E-state index contributed by atoms with van der Waals surface area (Å²) in [6.07, 6.45) is 1.67. The van der Waals surface area contributed by atoms with Gasteiger partial charge in [-0.15, -0.1) is 11.3 Å². The second-order valence-corrected chi connectivity index (χ2v) is 5.21. The maximum atomic E-state index is 5.53. The van der Waals surface area contributed by atoms with E-state index < -0.39 is 0 Å². The number of hydrogen-bond acceptors (Lipinski definition) is 4. The molecule has 0 aliphatic heterocycles. The number of hydrogen-bond donors (Lipinski definition) is 1. The van der Waals surface area contributed by atoms with Gasteiger partial charge in [0, 0.05) is 23.8 Å². The summed E-state index contributed by atoms with van der Waals surface area (Å²) in [5.41, 5.74) is 9.05. The van der Waals surface area contributed by atoms with Gasteiger partial charge in [-0.1, -0.05) is 17.7 Å². The molecule has 0 atom stereocenters. The summed E-state index contributed by atoms with van der Waals surface area (Å²) in [6.45, 7) is 2.74. The van der Waals surface area contributed by atoms with Crippen LogP contribution in [0.5, 0.6) is 5.75 Å². The van der Waals surface area contributed by atoms with Gasteiger partial charge in [0.05, 0.1) is 17.8 Å². The number of ether oxygens (including phenoxy) is 1. The van der Waals surface area contributed by atoms with E-state index in [1.165, 1.54) is 11.1 Å². The molecule has 0 unspecified atom stereocenters. The van der Waals surface area contributed by atoms with Gasteiger partial charge in [-0.05, 0) is 19.5 Å². The molecule has 2 aromatic rings. The lowest BCUT2D eigenvalue weighted by Crippen LogP contribution is -2.03. The fourth-order valence-electron chi connectivity index (χ4n) is 1.90. The number of aromatic nitrogens is 1. The van der Waals surface area contributed by atoms with Crippen LogP contribution in [0.3, 0.4) is 0 Å². The van der Waals surface area contributed by atoms with Gasteiger partial charge < -0.3 is 10.5 Å². The number of nitrogens with zero attached hydrogens (tertiary/aromatic N) is 1. The van der Waals surface area contributed by atoms with Crippen LogP contribution in [0.15, 0.2) is 23.6 Å². The van der Waals surface area contributed by atoms with Crippen LogP contribution in [0.2, 0.25) is 0 Å². The first-order chi connectivity index (χ1) is 8.72. The highest BCUT2D eigenvalue weighted by atomic mass is 32.1. The molecule has 4 heteroatoms. The Morgan fingerprint density at radius 1 is 1.39 bits per heavy atom. The third kappa shape index (κ3) is 3.09. The van der Waals surface area contributed by atoms with Gasteiger partial charge in [0.2, 0.25) is 0 Å². The normalized spacial score (nSPS) is 10.6. The molecule has 1 aromatic heterocycles. The van der Waals surface area contributed by atoms with E-state index in [2.05, 4.69) is 29.4 Å². The monoisotopic (exact) mass is 262 g/mol. The molecule has 1 aromatic carbocycles. The lowest BCUT2D eigenvalue weighted by atomic mass is 10.1. The smallest absolute Gasteiger partial charge is 0.122 e. The van der Waals surface area contributed by atoms with Crippen molar-refractivity contribution in [2.24, 2.45) is 5.73 Å². The zero-order chi connectivity index (χ0) is 13.0. The zero-order valence-corrected chi connectivity index (χ0v) is 11.6. The molecule has 0 bridgehead atoms. The molecule has 0 amide bonds. The van der Waals surface area contributed by atoms with Crippen LogP contribution in [-0.2, 0) is 12.8 Å². The standard InChI is InChI=1S/C14H18N2OS/c1-10-3-4-13(17-2)11(7-10)8-14-16-12(5-6-15)9-18-14/h3-4,7,9H,5-6,8,15H2,1-2H3. The fraction of sp³-hybridized carbons (Fsp3) is 0.357. The summed E-state index contributed by atoms with van der Waals surface area (Å²) < 4.78 is 5.38. The number of rotatable bonds is 5. The molecule has 0 saturated heterocycles. The van der Waals surface area contributed by atoms with Crippen molar-refractivity contribution >= 4 is 11.3 Å². The highest BCUT2D eigenvalue weighted by molar-refractivity contribution is 7.09. The molecule has 3 nitrogen and oxygen atoms in total. The average molecular weight is 262 g/mol. The Labute approximate surface area is 112 Å². The van der Waals surface area contributed by atoms with Gasteiger partial charge in [0.15, 0.2) is 0 Å². The van der Waals surface area contributed by atoms with E-state index in [4.69, 9.17) is 10.5 Å². The van der Waals surface area contributed by atoms with Crippen molar-refractivity contribution in [2.45, 2.75) is 19.8 Å². The minimum atomic E-state index is 0.650. The second-order valence-electron chi connectivity index (χ2n) is 4.26. The van der Waals surface area contributed by atoms with E-state index in [0.29, 0.717) is 6.54 Å². The van der Waals surface area contributed by atoms with Gasteiger partial charge in [-0.2, -0.15) is 0 Å². The highest BCUT2D eigenvalue weighted by Gasteiger charge is 2.07. The van der Waals surface area contributed by atoms with Crippen LogP contribution in [0, 0.1) is 6.92 Å². The van der Waals surface area contributed by atoms with Crippen molar-refractivity contribution < 1.29 is 4.74 Å². The number of thiazole rings is 1. The van der Waals surface area contributed by atoms with Gasteiger partial charge in [0.1, 0.15) is 5.75 Å². The largest absolute Gasteiger partial charge is 0.496 e. The lowest BCUT2D eigenvalue weighted by molar-refractivity contribution is 0.410. The molecule has 0 radical (unpaired) electrons. The minimum Gasteiger partial charge on any atom is -0.496 e. The Kier molecular flexibility index (Phi) is 4.33. The summed E-state index contributed by atoms with van der Waals surface area (Å²) in [4.78, 5) is 4.58. The van der Waals surface area contributed by atoms with Crippen LogP contribution in [0.25, 0.3) is 0 Å². The van der Waals surface area contributed by atoms with E-state index in [-0.39, 0.29) is 0 Å². The zero-order valence-electron chi connectivity index (χ0n) is 10.8. The first-order valence-electron chi connectivity index (χ1n) is 6.00. The Hall–Kier alpha value is -1.39. The number of benzene rings is 1. The lowest BCUT2D eigenvalue weighted by Gasteiger charge is -2.07. The molecule has 2 N–H and O–H groups in total. The predicted octanol–water partition coefficient (Wildman–Crippen LogP) is 2.55. The van der Waals surface area contributed by atoms with Crippen LogP contribution in [0.4, 0.5) is 0 Å². The number of aryl methyl sites for hydroxylation is 1. The van der Waals surface area contributed by atoms with E-state index in [1.807, 2.05) is 6.07 Å². The first kappa shape index (κ1) is 13.1. The van der Waals surface area contributed by atoms with Gasteiger partial charge in [-0.25, -0.2) is 4.98 Å². The Morgan fingerprint density at radius 3 is 2.94 bits per heavy atom. The molecule has 1 heterocycles. The van der Waals surface area contributed by atoms with Crippen molar-refractivity contribution in [3.63, 3.8) is 0 Å². The van der Waals surface area contributed by atoms with Crippen LogP contribution >= 0.6 is 11.3 Å². The molecule has 0 aliphatic carbocycles. The van der Waals surface area contributed by atoms with Crippen molar-refractivity contribution in [2.75, 3.05) is 13.7 Å². The summed E-state index contributed by atoms with van der Waals surface area (Å²) in [7, 11) is 1.70. The van der Waals surface area contributed by atoms with Gasteiger partial charge in [-0.3, -0.25) is 0 Å². The Bertz CT molecular complexity index is 522. The Balaban J connectivity index is 2.19. The van der Waals surface area contributed by atoms with Crippen molar-refractivity contribution in [3.8, 4) is 5.75 Å². The molecule has 0 spiro atoms. The van der Waals surface area contributed by atoms with E-state index >= 15 is 0 Å². The molecule has 0 saturated carbocycles. The SMILES string of the molecule is COc1ccc(C)cc1Cc1nc(CCN)cs1. The van der Waals surface area contributed by atoms with Crippen LogP contribution in [0.1, 0.15) is 21.8 Å². The second kappa shape index (κ2) is 5.98. The predicted molar refractivity (Wildman–Crippen MR) is 75.4 cm³/mol. The first-order valence-corrected chi connectivity index (χ1v) is 6.87. The third-order valence-corrected chi connectivity index (χ3v) is 3.67. The molecule has 2 rings (SSSR count). The van der Waals surface area contributed by atoms with Crippen LogP contribution in [-0.4, -0.2) is 18.6 Å². The highest BCUT2D eigenvalue weighted by Crippen LogP contribution is 2.24. The maximum absolute atomic E-state index is 5.53.